The van der Waals surface area contributed by atoms with E-state index in [0.29, 0.717) is 21.7 Å². The van der Waals surface area contributed by atoms with Crippen LogP contribution in [-0.4, -0.2) is 16.1 Å². The highest BCUT2D eigenvalue weighted by Crippen LogP contribution is 2.42. The third-order valence-corrected chi connectivity index (χ3v) is 6.49. The summed E-state index contributed by atoms with van der Waals surface area (Å²) in [5.74, 6) is -0.282. The Balaban J connectivity index is 1.79. The second-order valence-electron chi connectivity index (χ2n) is 7.18. The largest absolute Gasteiger partial charge is 0.450 e. The van der Waals surface area contributed by atoms with E-state index in [4.69, 9.17) is 4.42 Å². The second kappa shape index (κ2) is 7.18. The SMILES string of the molecule is CCc1ccc2oc3c(c(=O)c2c1)C(c1ccccc1)N(c1nnc(CC)s1)C3=O. The molecule has 0 saturated carbocycles. The van der Waals surface area contributed by atoms with Crippen molar-refractivity contribution in [2.45, 2.75) is 32.7 Å². The summed E-state index contributed by atoms with van der Waals surface area (Å²) in [5.41, 5.74) is 2.48. The minimum Gasteiger partial charge on any atom is -0.450 e. The molecule has 1 aliphatic rings. The first-order chi connectivity index (χ1) is 14.6. The van der Waals surface area contributed by atoms with Crippen LogP contribution in [0.3, 0.4) is 0 Å². The first-order valence-electron chi connectivity index (χ1n) is 9.92. The van der Waals surface area contributed by atoms with Crippen molar-refractivity contribution in [2.75, 3.05) is 4.90 Å². The zero-order chi connectivity index (χ0) is 20.8. The van der Waals surface area contributed by atoms with Crippen LogP contribution in [0.15, 0.2) is 57.7 Å². The molecule has 0 bridgehead atoms. The molecule has 0 saturated heterocycles. The molecule has 150 valence electrons. The fraction of sp³-hybridized carbons (Fsp3) is 0.217. The number of nitrogens with zero attached hydrogens (tertiary/aromatic N) is 3. The van der Waals surface area contributed by atoms with Gasteiger partial charge in [-0.3, -0.25) is 14.5 Å². The van der Waals surface area contributed by atoms with E-state index in [2.05, 4.69) is 10.2 Å². The van der Waals surface area contributed by atoms with Gasteiger partial charge in [0.15, 0.2) is 5.43 Å². The van der Waals surface area contributed by atoms with Gasteiger partial charge in [0.25, 0.3) is 5.91 Å². The molecule has 1 unspecified atom stereocenters. The molecule has 1 amide bonds. The predicted molar refractivity (Wildman–Crippen MR) is 116 cm³/mol. The van der Waals surface area contributed by atoms with E-state index in [1.165, 1.54) is 11.3 Å². The van der Waals surface area contributed by atoms with Crippen molar-refractivity contribution >= 4 is 33.3 Å². The quantitative estimate of drug-likeness (QED) is 0.488. The number of carbonyl (C=O) groups is 1. The number of hydrogen-bond acceptors (Lipinski definition) is 6. The first-order valence-corrected chi connectivity index (χ1v) is 10.7. The Morgan fingerprint density at radius 2 is 1.83 bits per heavy atom. The number of benzene rings is 2. The summed E-state index contributed by atoms with van der Waals surface area (Å²) in [5, 5.41) is 10.2. The van der Waals surface area contributed by atoms with Crippen molar-refractivity contribution < 1.29 is 9.21 Å². The monoisotopic (exact) mass is 417 g/mol. The molecule has 5 rings (SSSR count). The van der Waals surface area contributed by atoms with Crippen LogP contribution in [0.1, 0.15) is 52.1 Å². The Hall–Kier alpha value is -3.32. The van der Waals surface area contributed by atoms with E-state index in [-0.39, 0.29) is 17.1 Å². The topological polar surface area (TPSA) is 76.3 Å². The summed E-state index contributed by atoms with van der Waals surface area (Å²) < 4.78 is 6.00. The summed E-state index contributed by atoms with van der Waals surface area (Å²) in [7, 11) is 0. The zero-order valence-electron chi connectivity index (χ0n) is 16.6. The molecule has 0 radical (unpaired) electrons. The van der Waals surface area contributed by atoms with E-state index in [9.17, 15) is 9.59 Å². The van der Waals surface area contributed by atoms with Gasteiger partial charge in [0.2, 0.25) is 10.9 Å². The van der Waals surface area contributed by atoms with Gasteiger partial charge >= 0.3 is 0 Å². The Labute approximate surface area is 176 Å². The van der Waals surface area contributed by atoms with Crippen molar-refractivity contribution in [3.8, 4) is 0 Å². The Morgan fingerprint density at radius 3 is 2.53 bits per heavy atom. The van der Waals surface area contributed by atoms with Crippen molar-refractivity contribution in [3.05, 3.63) is 86.2 Å². The molecular formula is C23H19N3O3S. The number of rotatable bonds is 4. The highest BCUT2D eigenvalue weighted by molar-refractivity contribution is 7.15. The maximum atomic E-state index is 13.6. The van der Waals surface area contributed by atoms with Gasteiger partial charge in [0.05, 0.1) is 17.0 Å². The molecule has 0 fully saturated rings. The minimum absolute atomic E-state index is 0.0823. The summed E-state index contributed by atoms with van der Waals surface area (Å²) in [6, 6.07) is 14.5. The fourth-order valence-corrected chi connectivity index (χ4v) is 4.68. The van der Waals surface area contributed by atoms with Gasteiger partial charge in [0.1, 0.15) is 10.6 Å². The average Bonchev–Trinajstić information content (AvgIpc) is 3.37. The van der Waals surface area contributed by atoms with Crippen LogP contribution in [-0.2, 0) is 12.8 Å². The minimum atomic E-state index is -0.600. The highest BCUT2D eigenvalue weighted by atomic mass is 32.1. The smallest absolute Gasteiger partial charge is 0.297 e. The molecule has 4 aromatic rings. The first kappa shape index (κ1) is 18.7. The van der Waals surface area contributed by atoms with E-state index in [1.807, 2.05) is 56.3 Å². The summed E-state index contributed by atoms with van der Waals surface area (Å²) >= 11 is 1.36. The van der Waals surface area contributed by atoms with Gasteiger partial charge in [-0.25, -0.2) is 0 Å². The van der Waals surface area contributed by atoms with Crippen molar-refractivity contribution in [1.82, 2.24) is 10.2 Å². The van der Waals surface area contributed by atoms with Gasteiger partial charge < -0.3 is 4.42 Å². The molecule has 6 nitrogen and oxygen atoms in total. The number of fused-ring (bicyclic) bond motifs is 2. The van der Waals surface area contributed by atoms with Crippen LogP contribution in [0.25, 0.3) is 11.0 Å². The molecule has 1 aliphatic heterocycles. The third-order valence-electron chi connectivity index (χ3n) is 5.42. The van der Waals surface area contributed by atoms with Gasteiger partial charge in [-0.15, -0.1) is 10.2 Å². The standard InChI is InChI=1S/C23H19N3O3S/c1-3-13-10-11-16-15(12-13)20(27)18-19(14-8-6-5-7-9-14)26(22(28)21(18)29-16)23-25-24-17(4-2)30-23/h5-12,19H,3-4H2,1-2H3. The van der Waals surface area contributed by atoms with Gasteiger partial charge in [-0.2, -0.15) is 0 Å². The Bertz CT molecular complexity index is 1330. The molecule has 3 heterocycles. The summed E-state index contributed by atoms with van der Waals surface area (Å²) in [4.78, 5) is 28.6. The highest BCUT2D eigenvalue weighted by Gasteiger charge is 2.45. The second-order valence-corrected chi connectivity index (χ2v) is 8.22. The molecule has 30 heavy (non-hydrogen) atoms. The normalized spacial score (nSPS) is 15.7. The molecule has 0 spiro atoms. The summed E-state index contributed by atoms with van der Waals surface area (Å²) in [6.45, 7) is 4.03. The predicted octanol–water partition coefficient (Wildman–Crippen LogP) is 4.52. The maximum absolute atomic E-state index is 13.6. The zero-order valence-corrected chi connectivity index (χ0v) is 17.4. The molecule has 2 aromatic carbocycles. The average molecular weight is 417 g/mol. The van der Waals surface area contributed by atoms with Crippen LogP contribution in [0.5, 0.6) is 0 Å². The lowest BCUT2D eigenvalue weighted by atomic mass is 9.98. The van der Waals surface area contributed by atoms with Crippen LogP contribution >= 0.6 is 11.3 Å². The molecule has 2 aromatic heterocycles. The van der Waals surface area contributed by atoms with E-state index >= 15 is 0 Å². The number of aryl methyl sites for hydroxylation is 2. The lowest BCUT2D eigenvalue weighted by Gasteiger charge is -2.21. The van der Waals surface area contributed by atoms with Crippen LogP contribution in [0.4, 0.5) is 5.13 Å². The van der Waals surface area contributed by atoms with Crippen molar-refractivity contribution in [1.29, 1.82) is 0 Å². The fourth-order valence-electron chi connectivity index (χ4n) is 3.87. The number of amides is 1. The number of carbonyl (C=O) groups excluding carboxylic acids is 1. The van der Waals surface area contributed by atoms with E-state index in [0.717, 1.165) is 29.0 Å². The number of hydrogen-bond donors (Lipinski definition) is 0. The Kier molecular flexibility index (Phi) is 4.47. The molecule has 7 heteroatoms. The Morgan fingerprint density at radius 1 is 1.03 bits per heavy atom. The van der Waals surface area contributed by atoms with Crippen LogP contribution in [0.2, 0.25) is 0 Å². The lowest BCUT2D eigenvalue weighted by Crippen LogP contribution is -2.29. The van der Waals surface area contributed by atoms with Crippen molar-refractivity contribution in [2.24, 2.45) is 0 Å². The number of aromatic nitrogens is 2. The van der Waals surface area contributed by atoms with Crippen molar-refractivity contribution in [3.63, 3.8) is 0 Å². The lowest BCUT2D eigenvalue weighted by molar-refractivity contribution is 0.0970. The third kappa shape index (κ3) is 2.77. The molecular weight excluding hydrogens is 398 g/mol. The summed E-state index contributed by atoms with van der Waals surface area (Å²) in [6.07, 6.45) is 1.54. The van der Waals surface area contributed by atoms with Gasteiger partial charge in [0, 0.05) is 0 Å². The van der Waals surface area contributed by atoms with E-state index in [1.54, 1.807) is 11.0 Å². The molecule has 0 aliphatic carbocycles. The van der Waals surface area contributed by atoms with Gasteiger partial charge in [-0.05, 0) is 36.1 Å². The van der Waals surface area contributed by atoms with Crippen LogP contribution < -0.4 is 10.3 Å². The molecule has 1 atom stereocenters. The maximum Gasteiger partial charge on any atom is 0.297 e. The molecule has 0 N–H and O–H groups in total. The van der Waals surface area contributed by atoms with E-state index < -0.39 is 6.04 Å². The number of anilines is 1. The van der Waals surface area contributed by atoms with Gasteiger partial charge in [-0.1, -0.05) is 61.6 Å². The van der Waals surface area contributed by atoms with Crippen LogP contribution in [0, 0.1) is 0 Å².